The first-order valence-corrected chi connectivity index (χ1v) is 6.02. The second-order valence-corrected chi connectivity index (χ2v) is 5.27. The van der Waals surface area contributed by atoms with E-state index < -0.39 is 23.0 Å². The summed E-state index contributed by atoms with van der Waals surface area (Å²) >= 11 is 0.897. The minimum absolute atomic E-state index is 0.0413. The quantitative estimate of drug-likeness (QED) is 0.585. The number of aromatic amines is 1. The first kappa shape index (κ1) is 14.3. The summed E-state index contributed by atoms with van der Waals surface area (Å²) in [5.74, 6) is -1.79. The molecule has 1 aromatic heterocycles. The third-order valence-electron chi connectivity index (χ3n) is 2.27. The van der Waals surface area contributed by atoms with E-state index in [-0.39, 0.29) is 17.5 Å². The van der Waals surface area contributed by atoms with Gasteiger partial charge < -0.3 is 10.8 Å². The van der Waals surface area contributed by atoms with Crippen LogP contribution in [0.1, 0.15) is 13.8 Å². The number of carboxylic acids is 1. The number of nitrogens with zero attached hydrogens (tertiary/aromatic N) is 2. The Labute approximate surface area is 107 Å². The number of amides is 1. The van der Waals surface area contributed by atoms with E-state index in [1.54, 1.807) is 13.8 Å². The first-order valence-electron chi connectivity index (χ1n) is 5.04. The van der Waals surface area contributed by atoms with Crippen molar-refractivity contribution in [3.05, 3.63) is 10.5 Å². The van der Waals surface area contributed by atoms with Gasteiger partial charge in [-0.05, 0) is 13.8 Å². The molecule has 0 aliphatic carbocycles. The van der Waals surface area contributed by atoms with Crippen LogP contribution < -0.4 is 11.4 Å². The number of carbonyl (C=O) groups is 2. The number of thioether (sulfide) groups is 1. The van der Waals surface area contributed by atoms with Crippen molar-refractivity contribution in [3.8, 4) is 0 Å². The number of carbonyl (C=O) groups excluding carboxylic acids is 1. The van der Waals surface area contributed by atoms with Gasteiger partial charge in [-0.3, -0.25) is 14.2 Å². The van der Waals surface area contributed by atoms with Crippen molar-refractivity contribution in [1.29, 1.82) is 0 Å². The molecule has 0 fully saturated rings. The van der Waals surface area contributed by atoms with Crippen LogP contribution in [0, 0.1) is 5.41 Å². The smallest absolute Gasteiger partial charge is 0.344 e. The van der Waals surface area contributed by atoms with E-state index in [4.69, 9.17) is 10.8 Å². The van der Waals surface area contributed by atoms with E-state index in [0.29, 0.717) is 0 Å². The van der Waals surface area contributed by atoms with Gasteiger partial charge in [0, 0.05) is 6.54 Å². The van der Waals surface area contributed by atoms with Crippen molar-refractivity contribution in [1.82, 2.24) is 14.8 Å². The van der Waals surface area contributed by atoms with Crippen LogP contribution in [0.5, 0.6) is 0 Å². The van der Waals surface area contributed by atoms with Gasteiger partial charge in [-0.15, -0.1) is 5.10 Å². The average molecular weight is 274 g/mol. The molecule has 0 saturated carbocycles. The van der Waals surface area contributed by atoms with E-state index >= 15 is 0 Å². The number of primary amides is 1. The van der Waals surface area contributed by atoms with E-state index in [0.717, 1.165) is 11.8 Å². The second-order valence-electron chi connectivity index (χ2n) is 4.33. The highest BCUT2D eigenvalue weighted by Gasteiger charge is 2.28. The van der Waals surface area contributed by atoms with Crippen molar-refractivity contribution >= 4 is 23.6 Å². The fourth-order valence-corrected chi connectivity index (χ4v) is 1.82. The number of aromatic nitrogens is 3. The molecule has 1 aromatic rings. The molecule has 18 heavy (non-hydrogen) atoms. The molecule has 0 unspecified atom stereocenters. The van der Waals surface area contributed by atoms with Crippen LogP contribution in [-0.4, -0.2) is 37.5 Å². The Bertz CT molecular complexity index is 519. The third kappa shape index (κ3) is 3.36. The zero-order valence-corrected chi connectivity index (χ0v) is 10.8. The fraction of sp³-hybridized carbons (Fsp3) is 0.556. The maximum atomic E-state index is 11.5. The van der Waals surface area contributed by atoms with Gasteiger partial charge in [0.2, 0.25) is 5.91 Å². The lowest BCUT2D eigenvalue weighted by molar-refractivity contribution is -0.134. The van der Waals surface area contributed by atoms with Gasteiger partial charge in [0.1, 0.15) is 0 Å². The number of hydrogen-bond donors (Lipinski definition) is 3. The van der Waals surface area contributed by atoms with Crippen LogP contribution >= 0.6 is 11.8 Å². The highest BCUT2D eigenvalue weighted by Crippen LogP contribution is 2.20. The van der Waals surface area contributed by atoms with Crippen molar-refractivity contribution < 1.29 is 14.7 Å². The fourth-order valence-electron chi connectivity index (χ4n) is 1.15. The molecule has 1 rings (SSSR count). The maximum absolute atomic E-state index is 11.5. The van der Waals surface area contributed by atoms with Crippen LogP contribution in [-0.2, 0) is 16.1 Å². The van der Waals surface area contributed by atoms with E-state index in [9.17, 15) is 14.4 Å². The van der Waals surface area contributed by atoms with Crippen LogP contribution in [0.25, 0.3) is 0 Å². The van der Waals surface area contributed by atoms with Gasteiger partial charge in [-0.25, -0.2) is 9.89 Å². The molecule has 0 saturated heterocycles. The largest absolute Gasteiger partial charge is 0.481 e. The predicted octanol–water partition coefficient (Wildman–Crippen LogP) is -0.740. The molecule has 8 nitrogen and oxygen atoms in total. The summed E-state index contributed by atoms with van der Waals surface area (Å²) in [7, 11) is 0. The molecular weight excluding hydrogens is 260 g/mol. The molecule has 0 atom stereocenters. The van der Waals surface area contributed by atoms with Crippen molar-refractivity contribution in [2.45, 2.75) is 25.5 Å². The van der Waals surface area contributed by atoms with Gasteiger partial charge in [0.15, 0.2) is 5.16 Å². The van der Waals surface area contributed by atoms with Crippen LogP contribution in [0.4, 0.5) is 0 Å². The molecule has 1 heterocycles. The van der Waals surface area contributed by atoms with Gasteiger partial charge in [-0.1, -0.05) is 11.8 Å². The predicted molar refractivity (Wildman–Crippen MR) is 64.2 cm³/mol. The highest BCUT2D eigenvalue weighted by atomic mass is 32.2. The summed E-state index contributed by atoms with van der Waals surface area (Å²) in [6.45, 7) is 3.24. The topological polar surface area (TPSA) is 131 Å². The Kier molecular flexibility index (Phi) is 4.17. The number of H-pyrrole nitrogens is 1. The third-order valence-corrected chi connectivity index (χ3v) is 3.23. The Morgan fingerprint density at radius 1 is 1.56 bits per heavy atom. The highest BCUT2D eigenvalue weighted by molar-refractivity contribution is 7.99. The van der Waals surface area contributed by atoms with Gasteiger partial charge in [0.05, 0.1) is 11.2 Å². The summed E-state index contributed by atoms with van der Waals surface area (Å²) < 4.78 is 1.21. The molecule has 0 aliphatic heterocycles. The second kappa shape index (κ2) is 5.25. The minimum Gasteiger partial charge on any atom is -0.481 e. The number of hydrogen-bond acceptors (Lipinski definition) is 5. The standard InChI is InChI=1S/C9H14N4O4S/c1-9(2,6(10)16)4-13-7(17)11-12-8(13)18-3-5(14)15/h3-4H2,1-2H3,(H2,10,16)(H,11,17)(H,14,15). The van der Waals surface area contributed by atoms with Gasteiger partial charge in [-0.2, -0.15) is 0 Å². The number of aliphatic carboxylic acids is 1. The lowest BCUT2D eigenvalue weighted by Crippen LogP contribution is -2.38. The van der Waals surface area contributed by atoms with Gasteiger partial charge in [0.25, 0.3) is 0 Å². The Hall–Kier alpha value is -1.77. The Morgan fingerprint density at radius 2 is 2.17 bits per heavy atom. The molecule has 0 aliphatic rings. The Morgan fingerprint density at radius 3 is 2.67 bits per heavy atom. The molecule has 1 amide bonds. The summed E-state index contributed by atoms with van der Waals surface area (Å²) in [5, 5.41) is 14.7. The minimum atomic E-state index is -1.02. The molecule has 0 aromatic carbocycles. The van der Waals surface area contributed by atoms with E-state index in [1.807, 2.05) is 0 Å². The summed E-state index contributed by atoms with van der Waals surface area (Å²) in [6, 6.07) is 0. The van der Waals surface area contributed by atoms with E-state index in [2.05, 4.69) is 10.2 Å². The van der Waals surface area contributed by atoms with Crippen molar-refractivity contribution in [2.75, 3.05) is 5.75 Å². The van der Waals surface area contributed by atoms with Crippen LogP contribution in [0.15, 0.2) is 9.95 Å². The van der Waals surface area contributed by atoms with Crippen molar-refractivity contribution in [3.63, 3.8) is 0 Å². The summed E-state index contributed by atoms with van der Waals surface area (Å²) in [4.78, 5) is 33.2. The number of nitrogens with two attached hydrogens (primary N) is 1. The molecule has 9 heteroatoms. The Balaban J connectivity index is 2.95. The first-order chi connectivity index (χ1) is 8.24. The number of rotatable bonds is 6. The SMILES string of the molecule is CC(C)(Cn1c(SCC(=O)O)n[nH]c1=O)C(N)=O. The van der Waals surface area contributed by atoms with Crippen LogP contribution in [0.3, 0.4) is 0 Å². The normalized spacial score (nSPS) is 11.4. The van der Waals surface area contributed by atoms with Gasteiger partial charge >= 0.3 is 11.7 Å². The van der Waals surface area contributed by atoms with Crippen LogP contribution in [0.2, 0.25) is 0 Å². The molecule has 0 bridgehead atoms. The zero-order chi connectivity index (χ0) is 13.9. The van der Waals surface area contributed by atoms with Crippen molar-refractivity contribution in [2.24, 2.45) is 11.1 Å². The molecule has 100 valence electrons. The van der Waals surface area contributed by atoms with E-state index in [1.165, 1.54) is 4.57 Å². The summed E-state index contributed by atoms with van der Waals surface area (Å²) in [6.07, 6.45) is 0. The monoisotopic (exact) mass is 274 g/mol. The molecular formula is C9H14N4O4S. The average Bonchev–Trinajstić information content (AvgIpc) is 2.57. The number of carboxylic acid groups (broad SMARTS) is 1. The maximum Gasteiger partial charge on any atom is 0.344 e. The molecule has 0 spiro atoms. The zero-order valence-electron chi connectivity index (χ0n) is 9.97. The summed E-state index contributed by atoms with van der Waals surface area (Å²) in [5.41, 5.74) is 3.80. The lowest BCUT2D eigenvalue weighted by Gasteiger charge is -2.20. The molecule has 0 radical (unpaired) electrons. The molecule has 4 N–H and O–H groups in total. The lowest BCUT2D eigenvalue weighted by atomic mass is 9.93. The number of nitrogens with one attached hydrogen (secondary N) is 1.